The summed E-state index contributed by atoms with van der Waals surface area (Å²) in [6.07, 6.45) is 13.2. The molecule has 2 aliphatic rings. The lowest BCUT2D eigenvalue weighted by atomic mass is 9.88. The minimum atomic E-state index is -0.207. The third kappa shape index (κ3) is 4.50. The van der Waals surface area contributed by atoms with Crippen LogP contribution in [-0.2, 0) is 0 Å². The molecule has 29 heavy (non-hydrogen) atoms. The predicted molar refractivity (Wildman–Crippen MR) is 118 cm³/mol. The lowest BCUT2D eigenvalue weighted by Crippen LogP contribution is -2.39. The molecule has 0 N–H and O–H groups in total. The van der Waals surface area contributed by atoms with Crippen molar-refractivity contribution in [2.24, 2.45) is 5.92 Å². The molecule has 4 rings (SSSR count). The molecule has 5 heteroatoms. The summed E-state index contributed by atoms with van der Waals surface area (Å²) in [5, 5.41) is 0. The molecule has 2 fully saturated rings. The number of likely N-dealkylation sites (tertiary alicyclic amines) is 1. The van der Waals surface area contributed by atoms with E-state index in [9.17, 15) is 9.59 Å². The van der Waals surface area contributed by atoms with Crippen molar-refractivity contribution >= 4 is 16.9 Å². The summed E-state index contributed by atoms with van der Waals surface area (Å²) in [5.74, 6) is 0.700. The van der Waals surface area contributed by atoms with E-state index < -0.39 is 0 Å². The fraction of sp³-hybridized carbons (Fsp3) is 0.667. The van der Waals surface area contributed by atoms with Crippen molar-refractivity contribution in [2.75, 3.05) is 19.6 Å². The van der Waals surface area contributed by atoms with Gasteiger partial charge in [-0.15, -0.1) is 0 Å². The van der Waals surface area contributed by atoms with Gasteiger partial charge in [0.1, 0.15) is 0 Å². The number of hydrogen-bond acceptors (Lipinski definition) is 3. The highest BCUT2D eigenvalue weighted by atomic mass is 16.2. The first kappa shape index (κ1) is 20.4. The Bertz CT molecular complexity index is 881. The van der Waals surface area contributed by atoms with E-state index in [0.29, 0.717) is 0 Å². The van der Waals surface area contributed by atoms with Crippen LogP contribution in [-0.4, -0.2) is 39.6 Å². The maximum atomic E-state index is 13.0. The summed E-state index contributed by atoms with van der Waals surface area (Å²) in [7, 11) is 0. The van der Waals surface area contributed by atoms with Crippen LogP contribution in [0.3, 0.4) is 0 Å². The second-order valence-corrected chi connectivity index (χ2v) is 9.07. The Labute approximate surface area is 173 Å². The Balaban J connectivity index is 1.39. The van der Waals surface area contributed by atoms with Crippen molar-refractivity contribution in [3.63, 3.8) is 0 Å². The van der Waals surface area contributed by atoms with Crippen LogP contribution in [0.5, 0.6) is 0 Å². The molecule has 1 aromatic heterocycles. The van der Waals surface area contributed by atoms with E-state index >= 15 is 0 Å². The second-order valence-electron chi connectivity index (χ2n) is 9.07. The first-order valence-electron chi connectivity index (χ1n) is 11.6. The van der Waals surface area contributed by atoms with Crippen LogP contribution in [0.1, 0.15) is 82.0 Å². The highest BCUT2D eigenvalue weighted by Crippen LogP contribution is 2.28. The number of rotatable bonds is 4. The highest BCUT2D eigenvalue weighted by molar-refractivity contribution is 5.89. The van der Waals surface area contributed by atoms with E-state index in [1.807, 2.05) is 28.8 Å². The van der Waals surface area contributed by atoms with Crippen LogP contribution in [0.2, 0.25) is 0 Å². The number of para-hydroxylation sites is 2. The first-order valence-corrected chi connectivity index (χ1v) is 11.6. The van der Waals surface area contributed by atoms with Gasteiger partial charge in [0.15, 0.2) is 0 Å². The lowest BCUT2D eigenvalue weighted by molar-refractivity contribution is 0.0935. The van der Waals surface area contributed by atoms with Gasteiger partial charge in [-0.1, -0.05) is 57.1 Å². The average Bonchev–Trinajstić information content (AvgIpc) is 2.99. The van der Waals surface area contributed by atoms with Crippen LogP contribution >= 0.6 is 0 Å². The van der Waals surface area contributed by atoms with E-state index in [1.54, 1.807) is 0 Å². The number of nitrogens with zero attached hydrogens (tertiary/aromatic N) is 3. The predicted octanol–water partition coefficient (Wildman–Crippen LogP) is 4.85. The standard InChI is InChI=1S/C24H35N3O2/c1-19(28)26-22-11-7-8-12-23(22)27(24(26)29)21-14-17-25(18-15-21)16-13-20-9-5-3-2-4-6-10-20/h7-8,11-12,20-21H,2-6,9-10,13-18H2,1H3. The number of piperidine rings is 1. The number of carbonyl (C=O) groups is 1. The maximum absolute atomic E-state index is 13.0. The molecule has 1 aromatic carbocycles. The van der Waals surface area contributed by atoms with E-state index in [4.69, 9.17) is 0 Å². The Morgan fingerprint density at radius 2 is 1.55 bits per heavy atom. The van der Waals surface area contributed by atoms with Crippen LogP contribution in [0, 0.1) is 5.92 Å². The summed E-state index contributed by atoms with van der Waals surface area (Å²) >= 11 is 0. The van der Waals surface area contributed by atoms with Crippen molar-refractivity contribution in [3.8, 4) is 0 Å². The molecule has 1 aliphatic carbocycles. The maximum Gasteiger partial charge on any atom is 0.336 e. The molecule has 2 heterocycles. The molecule has 0 radical (unpaired) electrons. The zero-order valence-electron chi connectivity index (χ0n) is 17.8. The van der Waals surface area contributed by atoms with Gasteiger partial charge in [0.2, 0.25) is 5.91 Å². The number of imidazole rings is 1. The molecule has 158 valence electrons. The van der Waals surface area contributed by atoms with Gasteiger partial charge in [-0.2, -0.15) is 0 Å². The summed E-state index contributed by atoms with van der Waals surface area (Å²) in [6.45, 7) is 4.75. The summed E-state index contributed by atoms with van der Waals surface area (Å²) in [4.78, 5) is 27.6. The molecule has 0 unspecified atom stereocenters. The Morgan fingerprint density at radius 3 is 2.21 bits per heavy atom. The molecule has 1 aliphatic heterocycles. The van der Waals surface area contributed by atoms with E-state index in [-0.39, 0.29) is 17.6 Å². The quantitative estimate of drug-likeness (QED) is 0.741. The third-order valence-corrected chi connectivity index (χ3v) is 7.10. The van der Waals surface area contributed by atoms with Gasteiger partial charge < -0.3 is 4.90 Å². The summed E-state index contributed by atoms with van der Waals surface area (Å²) < 4.78 is 3.21. The SMILES string of the molecule is CC(=O)n1c(=O)n(C2CCN(CCC3CCCCCCC3)CC2)c2ccccc21. The molecule has 0 amide bonds. The minimum Gasteiger partial charge on any atom is -0.303 e. The Hall–Kier alpha value is -1.88. The molecule has 5 nitrogen and oxygen atoms in total. The van der Waals surface area contributed by atoms with Crippen molar-refractivity contribution in [1.82, 2.24) is 14.0 Å². The van der Waals surface area contributed by atoms with Gasteiger partial charge in [0, 0.05) is 26.1 Å². The number of benzene rings is 1. The van der Waals surface area contributed by atoms with Crippen LogP contribution in [0.4, 0.5) is 0 Å². The number of hydrogen-bond donors (Lipinski definition) is 0. The van der Waals surface area contributed by atoms with Gasteiger partial charge in [-0.05, 0) is 43.9 Å². The molecule has 0 spiro atoms. The smallest absolute Gasteiger partial charge is 0.303 e. The fourth-order valence-corrected chi connectivity index (χ4v) is 5.42. The summed E-state index contributed by atoms with van der Waals surface area (Å²) in [5.41, 5.74) is 1.45. The van der Waals surface area contributed by atoms with Crippen LogP contribution < -0.4 is 5.69 Å². The van der Waals surface area contributed by atoms with Gasteiger partial charge in [0.05, 0.1) is 11.0 Å². The van der Waals surface area contributed by atoms with Gasteiger partial charge in [0.25, 0.3) is 0 Å². The number of carbonyl (C=O) groups excluding carboxylic acids is 1. The average molecular weight is 398 g/mol. The van der Waals surface area contributed by atoms with Crippen LogP contribution in [0.15, 0.2) is 29.1 Å². The Morgan fingerprint density at radius 1 is 0.931 bits per heavy atom. The second kappa shape index (κ2) is 9.29. The Kier molecular flexibility index (Phi) is 6.53. The normalized spacial score (nSPS) is 20.6. The van der Waals surface area contributed by atoms with E-state index in [2.05, 4.69) is 4.90 Å². The first-order chi connectivity index (χ1) is 14.1. The largest absolute Gasteiger partial charge is 0.336 e. The van der Waals surface area contributed by atoms with E-state index in [1.165, 1.54) is 69.4 Å². The highest BCUT2D eigenvalue weighted by Gasteiger charge is 2.26. The van der Waals surface area contributed by atoms with Crippen molar-refractivity contribution < 1.29 is 4.79 Å². The molecule has 0 atom stereocenters. The molecule has 1 saturated carbocycles. The molecule has 2 aromatic rings. The number of fused-ring (bicyclic) bond motifs is 1. The third-order valence-electron chi connectivity index (χ3n) is 7.10. The van der Waals surface area contributed by atoms with Gasteiger partial charge in [-0.3, -0.25) is 9.36 Å². The monoisotopic (exact) mass is 397 g/mol. The zero-order chi connectivity index (χ0) is 20.2. The molecular formula is C24H35N3O2. The molecule has 0 bridgehead atoms. The minimum absolute atomic E-state index is 0.174. The van der Waals surface area contributed by atoms with Crippen molar-refractivity contribution in [2.45, 2.75) is 77.2 Å². The molecular weight excluding hydrogens is 362 g/mol. The van der Waals surface area contributed by atoms with Gasteiger partial charge >= 0.3 is 5.69 Å². The van der Waals surface area contributed by atoms with Crippen LogP contribution in [0.25, 0.3) is 11.0 Å². The zero-order valence-corrected chi connectivity index (χ0v) is 17.8. The topological polar surface area (TPSA) is 47.2 Å². The fourth-order valence-electron chi connectivity index (χ4n) is 5.42. The van der Waals surface area contributed by atoms with E-state index in [0.717, 1.165) is 42.9 Å². The molecule has 1 saturated heterocycles. The lowest BCUT2D eigenvalue weighted by Gasteiger charge is -2.33. The van der Waals surface area contributed by atoms with Crippen molar-refractivity contribution in [3.05, 3.63) is 34.7 Å². The summed E-state index contributed by atoms with van der Waals surface area (Å²) in [6, 6.07) is 7.87. The van der Waals surface area contributed by atoms with Crippen molar-refractivity contribution in [1.29, 1.82) is 0 Å². The van der Waals surface area contributed by atoms with Gasteiger partial charge in [-0.25, -0.2) is 9.36 Å². The number of aromatic nitrogens is 2.